The van der Waals surface area contributed by atoms with Crippen molar-refractivity contribution in [3.8, 4) is 0 Å². The minimum Gasteiger partial charge on any atom is -0.374 e. The molecule has 0 aliphatic carbocycles. The number of anilines is 1. The van der Waals surface area contributed by atoms with Gasteiger partial charge in [0.1, 0.15) is 5.82 Å². The van der Waals surface area contributed by atoms with Gasteiger partial charge in [-0.2, -0.15) is 18.2 Å². The molecule has 1 unspecified atom stereocenters. The Morgan fingerprint density at radius 3 is 2.38 bits per heavy atom. The van der Waals surface area contributed by atoms with Gasteiger partial charge in [0.25, 0.3) is 11.5 Å². The summed E-state index contributed by atoms with van der Waals surface area (Å²) in [6.07, 6.45) is -5.38. The lowest BCUT2D eigenvalue weighted by Gasteiger charge is -2.29. The Hall–Kier alpha value is -3.11. The number of alkyl halides is 3. The van der Waals surface area contributed by atoms with Crippen LogP contribution >= 0.6 is 23.2 Å². The van der Waals surface area contributed by atoms with E-state index < -0.39 is 24.1 Å². The van der Waals surface area contributed by atoms with Crippen LogP contribution in [0, 0.1) is 13.8 Å². The Labute approximate surface area is 202 Å². The van der Waals surface area contributed by atoms with E-state index in [1.54, 1.807) is 27.0 Å². The molecule has 1 aliphatic heterocycles. The molecule has 1 aromatic heterocycles. The topological polar surface area (TPSA) is 81.4 Å². The van der Waals surface area contributed by atoms with Gasteiger partial charge < -0.3 is 4.84 Å². The van der Waals surface area contributed by atoms with Gasteiger partial charge >= 0.3 is 6.18 Å². The lowest BCUT2D eigenvalue weighted by atomic mass is 9.86. The Bertz CT molecular complexity index is 1280. The van der Waals surface area contributed by atoms with Gasteiger partial charge in [-0.3, -0.25) is 14.8 Å². The van der Waals surface area contributed by atoms with Crippen molar-refractivity contribution in [2.75, 3.05) is 5.32 Å². The summed E-state index contributed by atoms with van der Waals surface area (Å²) in [7, 11) is 1.70. The summed E-state index contributed by atoms with van der Waals surface area (Å²) in [6.45, 7) is 3.41. The number of hydrogen-bond acceptors (Lipinski definition) is 5. The maximum absolute atomic E-state index is 14.2. The monoisotopic (exact) mass is 511 g/mol. The quantitative estimate of drug-likeness (QED) is 0.496. The van der Waals surface area contributed by atoms with E-state index in [0.29, 0.717) is 22.5 Å². The molecule has 3 aromatic rings. The molecule has 7 nitrogen and oxygen atoms in total. The van der Waals surface area contributed by atoms with E-state index in [-0.39, 0.29) is 27.3 Å². The number of aryl methyl sites for hydroxylation is 3. The zero-order valence-electron chi connectivity index (χ0n) is 18.2. The van der Waals surface area contributed by atoms with Crippen molar-refractivity contribution in [2.45, 2.75) is 32.0 Å². The molecule has 1 N–H and O–H groups in total. The van der Waals surface area contributed by atoms with Crippen molar-refractivity contribution in [3.05, 3.63) is 74.5 Å². The predicted octanol–water partition coefficient (Wildman–Crippen LogP) is 5.57. The zero-order chi connectivity index (χ0) is 24.8. The number of hydrogen-bond donors (Lipinski definition) is 1. The molecule has 0 fully saturated rings. The minimum absolute atomic E-state index is 0.0481. The SMILES string of the molecule is Cc1cc(C2=NOC(c3cc(Cl)cc(Cl)c3)(C(F)(F)F)C2)ccc1C(=O)Nc1nc(C)n(C)n1. The van der Waals surface area contributed by atoms with E-state index in [1.165, 1.54) is 22.9 Å². The van der Waals surface area contributed by atoms with E-state index in [9.17, 15) is 18.0 Å². The molecular weight excluding hydrogens is 494 g/mol. The summed E-state index contributed by atoms with van der Waals surface area (Å²) >= 11 is 11.9. The van der Waals surface area contributed by atoms with Gasteiger partial charge in [0.15, 0.2) is 0 Å². The summed E-state index contributed by atoms with van der Waals surface area (Å²) in [5, 5.41) is 10.5. The highest BCUT2D eigenvalue weighted by Crippen LogP contribution is 2.49. The van der Waals surface area contributed by atoms with Crippen LogP contribution in [0.15, 0.2) is 41.6 Å². The molecule has 178 valence electrons. The normalized spacial score (nSPS) is 17.9. The first kappa shape index (κ1) is 24.0. The van der Waals surface area contributed by atoms with Gasteiger partial charge in [-0.15, -0.1) is 5.10 Å². The molecular formula is C22H18Cl2F3N5O2. The molecule has 0 radical (unpaired) electrons. The maximum Gasteiger partial charge on any atom is 0.435 e. The third-order valence-corrected chi connectivity index (χ3v) is 5.96. The lowest BCUT2D eigenvalue weighted by molar-refractivity contribution is -0.275. The largest absolute Gasteiger partial charge is 0.435 e. The Kier molecular flexibility index (Phi) is 6.07. The third kappa shape index (κ3) is 4.35. The number of nitrogens with zero attached hydrogens (tertiary/aromatic N) is 4. The molecule has 2 heterocycles. The molecule has 1 atom stereocenters. The number of nitrogens with one attached hydrogen (secondary N) is 1. The summed E-state index contributed by atoms with van der Waals surface area (Å²) in [4.78, 5) is 21.8. The van der Waals surface area contributed by atoms with E-state index in [0.717, 1.165) is 12.1 Å². The van der Waals surface area contributed by atoms with Crippen LogP contribution < -0.4 is 5.32 Å². The van der Waals surface area contributed by atoms with E-state index in [1.807, 2.05) is 0 Å². The van der Waals surface area contributed by atoms with Gasteiger partial charge in [-0.1, -0.05) is 34.4 Å². The van der Waals surface area contributed by atoms with Gasteiger partial charge in [-0.25, -0.2) is 0 Å². The first-order valence-electron chi connectivity index (χ1n) is 9.98. The first-order valence-corrected chi connectivity index (χ1v) is 10.7. The summed E-state index contributed by atoms with van der Waals surface area (Å²) in [6, 6.07) is 8.24. The van der Waals surface area contributed by atoms with E-state index in [4.69, 9.17) is 28.0 Å². The molecule has 0 saturated heterocycles. The fraction of sp³-hybridized carbons (Fsp3) is 0.273. The van der Waals surface area contributed by atoms with Crippen molar-refractivity contribution in [1.29, 1.82) is 0 Å². The number of halogens is 5. The second kappa shape index (κ2) is 8.59. The number of benzene rings is 2. The molecule has 12 heteroatoms. The van der Waals surface area contributed by atoms with Crippen LogP contribution in [0.25, 0.3) is 0 Å². The number of rotatable bonds is 4. The smallest absolute Gasteiger partial charge is 0.374 e. The van der Waals surface area contributed by atoms with Crippen LogP contribution in [-0.4, -0.2) is 32.6 Å². The van der Waals surface area contributed by atoms with Crippen LogP contribution in [0.3, 0.4) is 0 Å². The molecule has 4 rings (SSSR count). The fourth-order valence-corrected chi connectivity index (χ4v) is 4.15. The minimum atomic E-state index is -4.80. The highest BCUT2D eigenvalue weighted by atomic mass is 35.5. The second-order valence-corrected chi connectivity index (χ2v) is 8.75. The molecule has 0 saturated carbocycles. The van der Waals surface area contributed by atoms with Gasteiger partial charge in [-0.05, 0) is 55.3 Å². The van der Waals surface area contributed by atoms with Crippen molar-refractivity contribution in [3.63, 3.8) is 0 Å². The number of oxime groups is 1. The van der Waals surface area contributed by atoms with Crippen LogP contribution in [0.4, 0.5) is 19.1 Å². The lowest BCUT2D eigenvalue weighted by Crippen LogP contribution is -2.42. The van der Waals surface area contributed by atoms with Gasteiger partial charge in [0, 0.05) is 34.6 Å². The number of aromatic nitrogens is 3. The van der Waals surface area contributed by atoms with Crippen LogP contribution in [0.2, 0.25) is 10.0 Å². The predicted molar refractivity (Wildman–Crippen MR) is 121 cm³/mol. The zero-order valence-corrected chi connectivity index (χ0v) is 19.7. The molecule has 2 aromatic carbocycles. The number of amides is 1. The average Bonchev–Trinajstić information content (AvgIpc) is 3.31. The van der Waals surface area contributed by atoms with Crippen LogP contribution in [-0.2, 0) is 17.5 Å². The van der Waals surface area contributed by atoms with Crippen molar-refractivity contribution < 1.29 is 22.8 Å². The van der Waals surface area contributed by atoms with Crippen molar-refractivity contribution >= 4 is 40.8 Å². The van der Waals surface area contributed by atoms with Crippen molar-refractivity contribution in [2.24, 2.45) is 12.2 Å². The highest BCUT2D eigenvalue weighted by molar-refractivity contribution is 6.34. The second-order valence-electron chi connectivity index (χ2n) is 7.88. The summed E-state index contributed by atoms with van der Waals surface area (Å²) in [5.74, 6) is 0.324. The Morgan fingerprint density at radius 2 is 1.82 bits per heavy atom. The number of carbonyl (C=O) groups excluding carboxylic acids is 1. The Balaban J connectivity index is 1.60. The molecule has 1 aliphatic rings. The standard InChI is InChI=1S/C22H18Cl2F3N5O2/c1-11-6-13(4-5-17(11)19(33)29-20-28-12(2)32(3)30-20)18-10-21(34-31-18,22(25,26)27)14-7-15(23)9-16(24)8-14/h4-9H,10H2,1-3H3,(H,29,30,33). The van der Waals surface area contributed by atoms with Crippen LogP contribution in [0.5, 0.6) is 0 Å². The Morgan fingerprint density at radius 1 is 1.15 bits per heavy atom. The number of carbonyl (C=O) groups is 1. The molecule has 0 spiro atoms. The van der Waals surface area contributed by atoms with E-state index in [2.05, 4.69) is 20.6 Å². The molecule has 1 amide bonds. The van der Waals surface area contributed by atoms with Crippen LogP contribution in [0.1, 0.15) is 39.3 Å². The molecule has 34 heavy (non-hydrogen) atoms. The third-order valence-electron chi connectivity index (χ3n) is 5.53. The average molecular weight is 512 g/mol. The molecule has 0 bridgehead atoms. The fourth-order valence-electron chi connectivity index (χ4n) is 3.63. The first-order chi connectivity index (χ1) is 15.9. The maximum atomic E-state index is 14.2. The van der Waals surface area contributed by atoms with E-state index >= 15 is 0 Å². The highest BCUT2D eigenvalue weighted by Gasteiger charge is 2.62. The summed E-state index contributed by atoms with van der Waals surface area (Å²) in [5.41, 5.74) is -1.67. The summed E-state index contributed by atoms with van der Waals surface area (Å²) < 4.78 is 44.1. The van der Waals surface area contributed by atoms with Crippen molar-refractivity contribution in [1.82, 2.24) is 14.8 Å². The van der Waals surface area contributed by atoms with Gasteiger partial charge in [0.2, 0.25) is 5.95 Å². The van der Waals surface area contributed by atoms with Gasteiger partial charge in [0.05, 0.1) is 5.71 Å².